The number of halogens is 3. The van der Waals surface area contributed by atoms with E-state index in [1.807, 2.05) is 0 Å². The van der Waals surface area contributed by atoms with Gasteiger partial charge in [0.05, 0.1) is 17.5 Å². The zero-order valence-corrected chi connectivity index (χ0v) is 11.1. The predicted octanol–water partition coefficient (Wildman–Crippen LogP) is 2.35. The van der Waals surface area contributed by atoms with E-state index in [0.29, 0.717) is 23.0 Å². The van der Waals surface area contributed by atoms with Gasteiger partial charge in [0.15, 0.2) is 5.82 Å². The first-order valence-corrected chi connectivity index (χ1v) is 6.63. The number of alkyl halides is 3. The second-order valence-corrected chi connectivity index (χ2v) is 5.60. The first-order valence-electron chi connectivity index (χ1n) is 6.63. The van der Waals surface area contributed by atoms with Crippen LogP contribution in [0.25, 0.3) is 11.0 Å². The monoisotopic (exact) mass is 300 g/mol. The molecule has 3 rings (SSSR count). The van der Waals surface area contributed by atoms with Crippen molar-refractivity contribution in [2.24, 2.45) is 5.41 Å². The lowest BCUT2D eigenvalue weighted by Crippen LogP contribution is -2.39. The third-order valence-electron chi connectivity index (χ3n) is 4.47. The van der Waals surface area contributed by atoms with Crippen LogP contribution in [0, 0.1) is 5.41 Å². The van der Waals surface area contributed by atoms with Gasteiger partial charge in [0, 0.05) is 6.20 Å². The average molecular weight is 300 g/mol. The van der Waals surface area contributed by atoms with Crippen molar-refractivity contribution in [3.63, 3.8) is 0 Å². The normalized spacial score (nSPS) is 26.6. The number of rotatable bonds is 2. The number of nitrogens with one attached hydrogen (secondary N) is 1. The minimum Gasteiger partial charge on any atom is -0.395 e. The first kappa shape index (κ1) is 14.1. The van der Waals surface area contributed by atoms with Crippen molar-refractivity contribution in [3.05, 3.63) is 18.1 Å². The standard InChI is InChI=1S/C13H15F3N4O/c14-13(15,16)12(5-21)2-1-7(3-12)8-4-18-10-9(8)19-6-20-11(10)17/h4,6-7,18,21H,1-3,5H2,(H2,17,19,20)/t7-,12-/m0/s1. The lowest BCUT2D eigenvalue weighted by atomic mass is 9.84. The van der Waals surface area contributed by atoms with Crippen LogP contribution in [0.5, 0.6) is 0 Å². The van der Waals surface area contributed by atoms with Gasteiger partial charge in [-0.25, -0.2) is 9.97 Å². The molecule has 0 unspecified atom stereocenters. The van der Waals surface area contributed by atoms with Crippen molar-refractivity contribution in [1.82, 2.24) is 15.0 Å². The Morgan fingerprint density at radius 1 is 1.43 bits per heavy atom. The Labute approximate surface area is 118 Å². The lowest BCUT2D eigenvalue weighted by molar-refractivity contribution is -0.233. The van der Waals surface area contributed by atoms with Crippen molar-refractivity contribution >= 4 is 16.9 Å². The summed E-state index contributed by atoms with van der Waals surface area (Å²) < 4.78 is 39.6. The number of aromatic amines is 1. The van der Waals surface area contributed by atoms with Crippen LogP contribution in [0.3, 0.4) is 0 Å². The molecule has 1 aliphatic carbocycles. The fourth-order valence-electron chi connectivity index (χ4n) is 3.17. The van der Waals surface area contributed by atoms with Crippen LogP contribution in [0.15, 0.2) is 12.5 Å². The van der Waals surface area contributed by atoms with Crippen LogP contribution in [-0.4, -0.2) is 32.8 Å². The minimum atomic E-state index is -4.41. The number of aromatic nitrogens is 3. The second-order valence-electron chi connectivity index (χ2n) is 5.60. The van der Waals surface area contributed by atoms with Gasteiger partial charge >= 0.3 is 6.18 Å². The van der Waals surface area contributed by atoms with Crippen LogP contribution < -0.4 is 5.73 Å². The Morgan fingerprint density at radius 2 is 2.19 bits per heavy atom. The molecule has 0 aliphatic heterocycles. The maximum atomic E-state index is 13.2. The van der Waals surface area contributed by atoms with Gasteiger partial charge in [-0.2, -0.15) is 13.2 Å². The predicted molar refractivity (Wildman–Crippen MR) is 70.5 cm³/mol. The number of nitrogen functional groups attached to an aromatic ring is 1. The summed E-state index contributed by atoms with van der Waals surface area (Å²) in [5.74, 6) is -0.0321. The molecule has 0 aromatic carbocycles. The Balaban J connectivity index is 1.97. The van der Waals surface area contributed by atoms with E-state index in [1.165, 1.54) is 6.33 Å². The molecule has 2 atom stereocenters. The molecule has 0 amide bonds. The van der Waals surface area contributed by atoms with Crippen LogP contribution in [0.1, 0.15) is 30.7 Å². The van der Waals surface area contributed by atoms with E-state index in [4.69, 9.17) is 5.73 Å². The van der Waals surface area contributed by atoms with Gasteiger partial charge in [-0.15, -0.1) is 0 Å². The smallest absolute Gasteiger partial charge is 0.395 e. The molecule has 1 aliphatic rings. The van der Waals surface area contributed by atoms with Crippen molar-refractivity contribution in [1.29, 1.82) is 0 Å². The summed E-state index contributed by atoms with van der Waals surface area (Å²) in [6, 6.07) is 0. The number of H-pyrrole nitrogens is 1. The highest BCUT2D eigenvalue weighted by molar-refractivity contribution is 5.87. The Kier molecular flexibility index (Phi) is 3.09. The summed E-state index contributed by atoms with van der Waals surface area (Å²) in [6.45, 7) is -0.882. The van der Waals surface area contributed by atoms with Crippen LogP contribution in [-0.2, 0) is 0 Å². The number of hydrogen-bond donors (Lipinski definition) is 3. The molecule has 5 nitrogen and oxygen atoms in total. The number of fused-ring (bicyclic) bond motifs is 1. The van der Waals surface area contributed by atoms with Crippen LogP contribution in [0.4, 0.5) is 19.0 Å². The van der Waals surface area contributed by atoms with Crippen LogP contribution >= 0.6 is 0 Å². The van der Waals surface area contributed by atoms with Gasteiger partial charge < -0.3 is 15.8 Å². The zero-order chi connectivity index (χ0) is 15.3. The molecule has 2 aromatic rings. The van der Waals surface area contributed by atoms with Crippen molar-refractivity contribution < 1.29 is 18.3 Å². The molecule has 21 heavy (non-hydrogen) atoms. The highest BCUT2D eigenvalue weighted by Crippen LogP contribution is 2.55. The van der Waals surface area contributed by atoms with Crippen molar-refractivity contribution in [2.75, 3.05) is 12.3 Å². The van der Waals surface area contributed by atoms with E-state index < -0.39 is 18.2 Å². The Bertz CT molecular complexity index is 669. The highest BCUT2D eigenvalue weighted by Gasteiger charge is 2.58. The third-order valence-corrected chi connectivity index (χ3v) is 4.47. The fourth-order valence-corrected chi connectivity index (χ4v) is 3.17. The molecule has 2 heterocycles. The number of nitrogens with zero attached hydrogens (tertiary/aromatic N) is 2. The Hall–Kier alpha value is -1.83. The molecule has 0 saturated heterocycles. The average Bonchev–Trinajstić information content (AvgIpc) is 3.02. The molecule has 1 fully saturated rings. The molecule has 0 bridgehead atoms. The van der Waals surface area contributed by atoms with Gasteiger partial charge in [-0.1, -0.05) is 0 Å². The number of anilines is 1. The van der Waals surface area contributed by atoms with Crippen molar-refractivity contribution in [2.45, 2.75) is 31.4 Å². The largest absolute Gasteiger partial charge is 0.396 e. The first-order chi connectivity index (χ1) is 9.88. The number of nitrogens with two attached hydrogens (primary N) is 1. The van der Waals surface area contributed by atoms with E-state index in [9.17, 15) is 18.3 Å². The van der Waals surface area contributed by atoms with Gasteiger partial charge in [-0.05, 0) is 30.7 Å². The third kappa shape index (κ3) is 2.05. The zero-order valence-electron chi connectivity index (χ0n) is 11.1. The SMILES string of the molecule is Nc1ncnc2c([C@H]3CC[C@](CO)(C(F)(F)F)C3)c[nH]c12. The molecular weight excluding hydrogens is 285 g/mol. The van der Waals surface area contributed by atoms with Gasteiger partial charge in [0.2, 0.25) is 0 Å². The number of hydrogen-bond acceptors (Lipinski definition) is 4. The number of aliphatic hydroxyl groups excluding tert-OH is 1. The molecule has 0 radical (unpaired) electrons. The molecule has 8 heteroatoms. The summed E-state index contributed by atoms with van der Waals surface area (Å²) in [6.07, 6.45) is -1.32. The summed E-state index contributed by atoms with van der Waals surface area (Å²) in [5.41, 5.74) is 5.51. The van der Waals surface area contributed by atoms with E-state index in [2.05, 4.69) is 15.0 Å². The van der Waals surface area contributed by atoms with Crippen LogP contribution in [0.2, 0.25) is 0 Å². The van der Waals surface area contributed by atoms with Gasteiger partial charge in [-0.3, -0.25) is 0 Å². The minimum absolute atomic E-state index is 0.0785. The highest BCUT2D eigenvalue weighted by atomic mass is 19.4. The lowest BCUT2D eigenvalue weighted by Gasteiger charge is -2.29. The maximum Gasteiger partial charge on any atom is 0.396 e. The molecular formula is C13H15F3N4O. The van der Waals surface area contributed by atoms with E-state index >= 15 is 0 Å². The molecule has 4 N–H and O–H groups in total. The quantitative estimate of drug-likeness (QED) is 0.794. The summed E-state index contributed by atoms with van der Waals surface area (Å²) in [4.78, 5) is 10.9. The van der Waals surface area contributed by atoms with E-state index in [-0.39, 0.29) is 24.6 Å². The molecule has 1 saturated carbocycles. The summed E-state index contributed by atoms with van der Waals surface area (Å²) >= 11 is 0. The summed E-state index contributed by atoms with van der Waals surface area (Å²) in [5, 5.41) is 9.25. The molecule has 2 aromatic heterocycles. The van der Waals surface area contributed by atoms with E-state index in [1.54, 1.807) is 6.20 Å². The van der Waals surface area contributed by atoms with Crippen molar-refractivity contribution in [3.8, 4) is 0 Å². The molecule has 0 spiro atoms. The van der Waals surface area contributed by atoms with Gasteiger partial charge in [0.25, 0.3) is 0 Å². The van der Waals surface area contributed by atoms with E-state index in [0.717, 1.165) is 0 Å². The topological polar surface area (TPSA) is 87.8 Å². The fraction of sp³-hybridized carbons (Fsp3) is 0.538. The van der Waals surface area contributed by atoms with Gasteiger partial charge in [0.1, 0.15) is 11.8 Å². The number of aliphatic hydroxyl groups is 1. The Morgan fingerprint density at radius 3 is 2.81 bits per heavy atom. The molecule has 114 valence electrons. The summed E-state index contributed by atoms with van der Waals surface area (Å²) in [7, 11) is 0. The maximum absolute atomic E-state index is 13.2. The second kappa shape index (κ2) is 4.59.